The van der Waals surface area contributed by atoms with Crippen molar-refractivity contribution in [1.82, 2.24) is 14.3 Å². The highest BCUT2D eigenvalue weighted by Gasteiger charge is 2.22. The van der Waals surface area contributed by atoms with Crippen molar-refractivity contribution in [3.05, 3.63) is 35.9 Å². The summed E-state index contributed by atoms with van der Waals surface area (Å²) in [6.07, 6.45) is 5.88. The first-order chi connectivity index (χ1) is 9.69. The van der Waals surface area contributed by atoms with E-state index in [1.165, 1.54) is 13.5 Å². The van der Waals surface area contributed by atoms with Crippen LogP contribution in [0.15, 0.2) is 24.5 Å². The predicted molar refractivity (Wildman–Crippen MR) is 75.8 cm³/mol. The van der Waals surface area contributed by atoms with E-state index >= 15 is 0 Å². The highest BCUT2D eigenvalue weighted by atomic mass is 16.5. The number of fused-ring (bicyclic) bond motifs is 1. The number of esters is 1. The van der Waals surface area contributed by atoms with Crippen LogP contribution in [-0.4, -0.2) is 47.5 Å². The Morgan fingerprint density at radius 2 is 2.40 bits per heavy atom. The van der Waals surface area contributed by atoms with Crippen molar-refractivity contribution in [3.8, 4) is 0 Å². The third-order valence-electron chi connectivity index (χ3n) is 4.01. The van der Waals surface area contributed by atoms with Gasteiger partial charge in [0.1, 0.15) is 5.82 Å². The molecule has 1 fully saturated rings. The molecule has 1 aliphatic rings. The molecule has 20 heavy (non-hydrogen) atoms. The lowest BCUT2D eigenvalue weighted by Gasteiger charge is -2.10. The average molecular weight is 273 g/mol. The van der Waals surface area contributed by atoms with Crippen LogP contribution < -0.4 is 0 Å². The van der Waals surface area contributed by atoms with Gasteiger partial charge >= 0.3 is 5.97 Å². The minimum Gasteiger partial charge on any atom is -0.465 e. The van der Waals surface area contributed by atoms with Gasteiger partial charge in [-0.1, -0.05) is 0 Å². The van der Waals surface area contributed by atoms with Crippen LogP contribution in [0.25, 0.3) is 5.52 Å². The van der Waals surface area contributed by atoms with Crippen molar-refractivity contribution in [2.45, 2.75) is 12.8 Å². The molecule has 106 valence electrons. The van der Waals surface area contributed by atoms with E-state index in [-0.39, 0.29) is 5.97 Å². The third-order valence-corrected chi connectivity index (χ3v) is 4.01. The fourth-order valence-corrected chi connectivity index (χ4v) is 2.96. The van der Waals surface area contributed by atoms with Crippen LogP contribution >= 0.6 is 0 Å². The number of rotatable bonds is 3. The number of aromatic nitrogens is 2. The van der Waals surface area contributed by atoms with Gasteiger partial charge in [-0.05, 0) is 38.1 Å². The summed E-state index contributed by atoms with van der Waals surface area (Å²) in [4.78, 5) is 18.6. The van der Waals surface area contributed by atoms with Crippen LogP contribution in [0, 0.1) is 5.92 Å². The highest BCUT2D eigenvalue weighted by Crippen LogP contribution is 2.21. The van der Waals surface area contributed by atoms with Gasteiger partial charge in [0.2, 0.25) is 0 Å². The van der Waals surface area contributed by atoms with Crippen LogP contribution in [0.4, 0.5) is 0 Å². The Bertz CT molecular complexity index is 635. The molecule has 3 heterocycles. The number of pyridine rings is 1. The number of carbonyl (C=O) groups excluding carboxylic acids is 1. The Hall–Kier alpha value is -1.88. The maximum Gasteiger partial charge on any atom is 0.340 e. The fraction of sp³-hybridized carbons (Fsp3) is 0.467. The fourth-order valence-electron chi connectivity index (χ4n) is 2.96. The molecule has 0 bridgehead atoms. The van der Waals surface area contributed by atoms with Gasteiger partial charge in [-0.3, -0.25) is 0 Å². The number of imidazole rings is 1. The molecule has 0 N–H and O–H groups in total. The van der Waals surface area contributed by atoms with Gasteiger partial charge in [-0.2, -0.15) is 0 Å². The molecule has 0 amide bonds. The Labute approximate surface area is 118 Å². The van der Waals surface area contributed by atoms with Crippen LogP contribution in [0.2, 0.25) is 0 Å². The Morgan fingerprint density at radius 1 is 1.55 bits per heavy atom. The van der Waals surface area contributed by atoms with Crippen LogP contribution in [0.3, 0.4) is 0 Å². The molecule has 3 rings (SSSR count). The first-order valence-corrected chi connectivity index (χ1v) is 6.91. The maximum absolute atomic E-state index is 11.8. The molecule has 0 aromatic carbocycles. The molecule has 5 nitrogen and oxygen atoms in total. The molecule has 0 radical (unpaired) electrons. The monoisotopic (exact) mass is 273 g/mol. The Balaban J connectivity index is 1.91. The SMILES string of the molecule is COC(=O)c1cccn2c(CC3CCN(C)C3)ncc12. The predicted octanol–water partition coefficient (Wildman–Crippen LogP) is 1.62. The van der Waals surface area contributed by atoms with E-state index in [2.05, 4.69) is 16.9 Å². The molecule has 5 heteroatoms. The molecule has 0 saturated carbocycles. The average Bonchev–Trinajstić information content (AvgIpc) is 3.05. The molecule has 1 unspecified atom stereocenters. The quantitative estimate of drug-likeness (QED) is 0.797. The van der Waals surface area contributed by atoms with Gasteiger partial charge in [0, 0.05) is 19.2 Å². The summed E-state index contributed by atoms with van der Waals surface area (Å²) >= 11 is 0. The van der Waals surface area contributed by atoms with Crippen LogP contribution in [0.1, 0.15) is 22.6 Å². The number of likely N-dealkylation sites (tertiary alicyclic amines) is 1. The summed E-state index contributed by atoms with van der Waals surface area (Å²) in [5, 5.41) is 0. The number of hydrogen-bond donors (Lipinski definition) is 0. The Morgan fingerprint density at radius 3 is 3.10 bits per heavy atom. The lowest BCUT2D eigenvalue weighted by molar-refractivity contribution is 0.0602. The zero-order chi connectivity index (χ0) is 14.1. The van der Waals surface area contributed by atoms with Crippen molar-refractivity contribution in [2.24, 2.45) is 5.92 Å². The summed E-state index contributed by atoms with van der Waals surface area (Å²) < 4.78 is 6.82. The lowest BCUT2D eigenvalue weighted by Crippen LogP contribution is -2.15. The first-order valence-electron chi connectivity index (χ1n) is 6.91. The van der Waals surface area contributed by atoms with Gasteiger partial charge in [0.05, 0.1) is 24.4 Å². The third kappa shape index (κ3) is 2.29. The summed E-state index contributed by atoms with van der Waals surface area (Å²) in [5.74, 6) is 1.35. The van der Waals surface area contributed by atoms with Gasteiger partial charge in [-0.25, -0.2) is 9.78 Å². The molecular weight excluding hydrogens is 254 g/mol. The highest BCUT2D eigenvalue weighted by molar-refractivity contribution is 5.96. The summed E-state index contributed by atoms with van der Waals surface area (Å²) in [7, 11) is 3.55. The Kier molecular flexibility index (Phi) is 3.44. The van der Waals surface area contributed by atoms with E-state index < -0.39 is 0 Å². The number of nitrogens with zero attached hydrogens (tertiary/aromatic N) is 3. The molecule has 1 saturated heterocycles. The van der Waals surface area contributed by atoms with Crippen molar-refractivity contribution in [3.63, 3.8) is 0 Å². The van der Waals surface area contributed by atoms with Gasteiger partial charge in [-0.15, -0.1) is 0 Å². The summed E-state index contributed by atoms with van der Waals surface area (Å²) in [6.45, 7) is 2.27. The molecule has 0 aliphatic carbocycles. The lowest BCUT2D eigenvalue weighted by atomic mass is 10.0. The number of carbonyl (C=O) groups is 1. The molecule has 1 atom stereocenters. The van der Waals surface area contributed by atoms with E-state index in [4.69, 9.17) is 4.74 Å². The van der Waals surface area contributed by atoms with Crippen molar-refractivity contribution >= 4 is 11.5 Å². The molecule has 2 aromatic rings. The number of ether oxygens (including phenoxy) is 1. The van der Waals surface area contributed by atoms with E-state index in [0.29, 0.717) is 11.5 Å². The largest absolute Gasteiger partial charge is 0.465 e. The van der Waals surface area contributed by atoms with Crippen LogP contribution in [-0.2, 0) is 11.2 Å². The first kappa shape index (κ1) is 13.1. The topological polar surface area (TPSA) is 46.8 Å². The molecule has 0 spiro atoms. The standard InChI is InChI=1S/C15H19N3O2/c1-17-7-5-11(10-17)8-14-16-9-13-12(15(19)20-2)4-3-6-18(13)14/h3-4,6,9,11H,5,7-8,10H2,1-2H3. The van der Waals surface area contributed by atoms with Crippen molar-refractivity contribution < 1.29 is 9.53 Å². The molecular formula is C15H19N3O2. The summed E-state index contributed by atoms with van der Waals surface area (Å²) in [5.41, 5.74) is 1.39. The molecule has 2 aromatic heterocycles. The van der Waals surface area contributed by atoms with Crippen molar-refractivity contribution in [1.29, 1.82) is 0 Å². The minimum atomic E-state index is -0.317. The smallest absolute Gasteiger partial charge is 0.340 e. The number of hydrogen-bond acceptors (Lipinski definition) is 4. The van der Waals surface area contributed by atoms with E-state index in [1.807, 2.05) is 16.7 Å². The summed E-state index contributed by atoms with van der Waals surface area (Å²) in [6, 6.07) is 3.64. The van der Waals surface area contributed by atoms with Crippen molar-refractivity contribution in [2.75, 3.05) is 27.2 Å². The van der Waals surface area contributed by atoms with Gasteiger partial charge in [0.15, 0.2) is 0 Å². The van der Waals surface area contributed by atoms with E-state index in [0.717, 1.165) is 30.9 Å². The molecule has 1 aliphatic heterocycles. The van der Waals surface area contributed by atoms with Crippen LogP contribution in [0.5, 0.6) is 0 Å². The number of methoxy groups -OCH3 is 1. The second kappa shape index (κ2) is 5.25. The van der Waals surface area contributed by atoms with Gasteiger partial charge in [0.25, 0.3) is 0 Å². The second-order valence-electron chi connectivity index (χ2n) is 5.46. The minimum absolute atomic E-state index is 0.317. The zero-order valence-corrected chi connectivity index (χ0v) is 11.9. The van der Waals surface area contributed by atoms with Gasteiger partial charge < -0.3 is 14.0 Å². The second-order valence-corrected chi connectivity index (χ2v) is 5.46. The zero-order valence-electron chi connectivity index (χ0n) is 11.9. The maximum atomic E-state index is 11.8. The van der Waals surface area contributed by atoms with E-state index in [1.54, 1.807) is 12.3 Å². The van der Waals surface area contributed by atoms with E-state index in [9.17, 15) is 4.79 Å². The normalized spacial score (nSPS) is 19.6.